The van der Waals surface area contributed by atoms with Gasteiger partial charge in [-0.2, -0.15) is 0 Å². The van der Waals surface area contributed by atoms with Gasteiger partial charge in [-0.15, -0.1) is 11.3 Å². The number of nitrogens with zero attached hydrogens (tertiary/aromatic N) is 1. The molecule has 2 amide bonds. The lowest BCUT2D eigenvalue weighted by Gasteiger charge is -2.20. The van der Waals surface area contributed by atoms with E-state index in [4.69, 9.17) is 5.73 Å². The molecule has 0 fully saturated rings. The highest BCUT2D eigenvalue weighted by Gasteiger charge is 2.20. The van der Waals surface area contributed by atoms with Gasteiger partial charge in [0.1, 0.15) is 0 Å². The van der Waals surface area contributed by atoms with Crippen molar-refractivity contribution in [1.29, 1.82) is 0 Å². The van der Waals surface area contributed by atoms with Crippen molar-refractivity contribution in [2.24, 2.45) is 5.92 Å². The molecule has 18 heavy (non-hydrogen) atoms. The van der Waals surface area contributed by atoms with E-state index in [-0.39, 0.29) is 17.7 Å². The molecular formula is C12H19N3O2S. The summed E-state index contributed by atoms with van der Waals surface area (Å²) in [4.78, 5) is 26.6. The minimum atomic E-state index is -0.234. The highest BCUT2D eigenvalue weighted by Crippen LogP contribution is 2.24. The van der Waals surface area contributed by atoms with Gasteiger partial charge in [-0.1, -0.05) is 6.92 Å². The molecule has 100 valence electrons. The van der Waals surface area contributed by atoms with Crippen LogP contribution in [0.1, 0.15) is 21.5 Å². The van der Waals surface area contributed by atoms with Crippen molar-refractivity contribution in [3.8, 4) is 0 Å². The van der Waals surface area contributed by atoms with Crippen molar-refractivity contribution in [2.45, 2.75) is 13.8 Å². The average Bonchev–Trinajstić information content (AvgIpc) is 2.67. The van der Waals surface area contributed by atoms with Crippen molar-refractivity contribution >= 4 is 28.8 Å². The Balaban J connectivity index is 2.70. The number of rotatable bonds is 4. The zero-order chi connectivity index (χ0) is 13.9. The van der Waals surface area contributed by atoms with Crippen molar-refractivity contribution in [3.63, 3.8) is 0 Å². The van der Waals surface area contributed by atoms with Crippen molar-refractivity contribution in [1.82, 2.24) is 10.2 Å². The number of thiophene rings is 1. The molecule has 1 aromatic rings. The molecule has 3 N–H and O–H groups in total. The third kappa shape index (κ3) is 3.22. The van der Waals surface area contributed by atoms with E-state index in [1.54, 1.807) is 32.0 Å². The van der Waals surface area contributed by atoms with Crippen LogP contribution in [0.2, 0.25) is 0 Å². The number of amides is 2. The van der Waals surface area contributed by atoms with E-state index in [0.29, 0.717) is 17.1 Å². The van der Waals surface area contributed by atoms with E-state index in [1.807, 2.05) is 6.92 Å². The zero-order valence-electron chi connectivity index (χ0n) is 11.1. The first-order valence-electron chi connectivity index (χ1n) is 5.69. The minimum Gasteiger partial charge on any atom is -0.398 e. The number of aryl methyl sites for hydroxylation is 1. The van der Waals surface area contributed by atoms with E-state index in [2.05, 4.69) is 5.32 Å². The maximum Gasteiger partial charge on any atom is 0.263 e. The van der Waals surface area contributed by atoms with E-state index in [9.17, 15) is 9.59 Å². The molecule has 1 aromatic heterocycles. The Bertz CT molecular complexity index is 437. The molecule has 1 atom stereocenters. The molecule has 0 aliphatic carbocycles. The Hall–Kier alpha value is -1.56. The predicted molar refractivity (Wildman–Crippen MR) is 73.7 cm³/mol. The van der Waals surface area contributed by atoms with Gasteiger partial charge < -0.3 is 16.0 Å². The standard InChI is InChI=1S/C12H19N3O2S/c1-7(11(16)14-3)6-15(4)12(17)10-5-9(13)8(2)18-10/h5,7H,6,13H2,1-4H3,(H,14,16). The summed E-state index contributed by atoms with van der Waals surface area (Å²) in [5, 5.41) is 2.57. The average molecular weight is 269 g/mol. The van der Waals surface area contributed by atoms with Crippen LogP contribution < -0.4 is 11.1 Å². The molecule has 0 saturated heterocycles. The number of anilines is 1. The second-order valence-corrected chi connectivity index (χ2v) is 5.58. The van der Waals surface area contributed by atoms with Gasteiger partial charge in [0.15, 0.2) is 0 Å². The first kappa shape index (κ1) is 14.5. The second-order valence-electron chi connectivity index (χ2n) is 4.32. The molecule has 6 heteroatoms. The molecule has 1 heterocycles. The van der Waals surface area contributed by atoms with Crippen LogP contribution in [-0.4, -0.2) is 37.4 Å². The third-order valence-corrected chi connectivity index (χ3v) is 3.81. The second kappa shape index (κ2) is 5.86. The van der Waals surface area contributed by atoms with Crippen molar-refractivity contribution in [3.05, 3.63) is 15.8 Å². The Morgan fingerprint density at radius 1 is 1.56 bits per heavy atom. The molecule has 0 spiro atoms. The summed E-state index contributed by atoms with van der Waals surface area (Å²) in [6.45, 7) is 4.05. The number of hydrogen-bond donors (Lipinski definition) is 2. The fourth-order valence-electron chi connectivity index (χ4n) is 1.61. The fourth-order valence-corrected chi connectivity index (χ4v) is 2.55. The normalized spacial score (nSPS) is 12.0. The topological polar surface area (TPSA) is 75.4 Å². The SMILES string of the molecule is CNC(=O)C(C)CN(C)C(=O)c1cc(N)c(C)s1. The summed E-state index contributed by atoms with van der Waals surface area (Å²) in [5.74, 6) is -0.408. The van der Waals surface area contributed by atoms with Crippen LogP contribution in [0.25, 0.3) is 0 Å². The Kier molecular flexibility index (Phi) is 4.72. The monoisotopic (exact) mass is 269 g/mol. The maximum absolute atomic E-state index is 12.1. The van der Waals surface area contributed by atoms with Gasteiger partial charge in [-0.3, -0.25) is 9.59 Å². The molecule has 5 nitrogen and oxygen atoms in total. The van der Waals surface area contributed by atoms with Gasteiger partial charge in [0, 0.05) is 31.2 Å². The van der Waals surface area contributed by atoms with Gasteiger partial charge in [0.25, 0.3) is 5.91 Å². The largest absolute Gasteiger partial charge is 0.398 e. The molecule has 0 saturated carbocycles. The predicted octanol–water partition coefficient (Wildman–Crippen LogP) is 1.09. The van der Waals surface area contributed by atoms with Gasteiger partial charge in [-0.25, -0.2) is 0 Å². The first-order chi connectivity index (χ1) is 8.36. The van der Waals surface area contributed by atoms with Gasteiger partial charge in [0.05, 0.1) is 10.8 Å². The number of nitrogens with two attached hydrogens (primary N) is 1. The minimum absolute atomic E-state index is 0.0727. The van der Waals surface area contributed by atoms with Gasteiger partial charge >= 0.3 is 0 Å². The van der Waals surface area contributed by atoms with Crippen LogP contribution in [0, 0.1) is 12.8 Å². The smallest absolute Gasteiger partial charge is 0.263 e. The van der Waals surface area contributed by atoms with Crippen molar-refractivity contribution < 1.29 is 9.59 Å². The lowest BCUT2D eigenvalue weighted by atomic mass is 10.1. The first-order valence-corrected chi connectivity index (χ1v) is 6.51. The Labute approximate surface area is 111 Å². The molecular weight excluding hydrogens is 250 g/mol. The van der Waals surface area contributed by atoms with Crippen LogP contribution >= 0.6 is 11.3 Å². The highest BCUT2D eigenvalue weighted by molar-refractivity contribution is 7.14. The lowest BCUT2D eigenvalue weighted by Crippen LogP contribution is -2.37. The zero-order valence-corrected chi connectivity index (χ0v) is 11.9. The van der Waals surface area contributed by atoms with E-state index < -0.39 is 0 Å². The number of carbonyl (C=O) groups is 2. The molecule has 1 rings (SSSR count). The number of carbonyl (C=O) groups excluding carboxylic acids is 2. The third-order valence-electron chi connectivity index (χ3n) is 2.76. The summed E-state index contributed by atoms with van der Waals surface area (Å²) in [6, 6.07) is 1.68. The van der Waals surface area contributed by atoms with Crippen LogP contribution in [0.4, 0.5) is 5.69 Å². The summed E-state index contributed by atoms with van der Waals surface area (Å²) in [6.07, 6.45) is 0. The number of hydrogen-bond acceptors (Lipinski definition) is 4. The maximum atomic E-state index is 12.1. The molecule has 0 aliphatic rings. The Morgan fingerprint density at radius 3 is 2.61 bits per heavy atom. The highest BCUT2D eigenvalue weighted by atomic mass is 32.1. The summed E-state index contributed by atoms with van der Waals surface area (Å²) in [5.41, 5.74) is 6.36. The van der Waals surface area contributed by atoms with Crippen LogP contribution in [-0.2, 0) is 4.79 Å². The van der Waals surface area contributed by atoms with E-state index in [1.165, 1.54) is 11.3 Å². The number of nitrogen functional groups attached to an aromatic ring is 1. The molecule has 0 bridgehead atoms. The van der Waals surface area contributed by atoms with E-state index >= 15 is 0 Å². The lowest BCUT2D eigenvalue weighted by molar-refractivity contribution is -0.124. The number of nitrogens with one attached hydrogen (secondary N) is 1. The summed E-state index contributed by atoms with van der Waals surface area (Å²) >= 11 is 1.38. The van der Waals surface area contributed by atoms with Crippen molar-refractivity contribution in [2.75, 3.05) is 26.4 Å². The molecule has 1 unspecified atom stereocenters. The van der Waals surface area contributed by atoms with Crippen LogP contribution in [0.15, 0.2) is 6.07 Å². The fraction of sp³-hybridized carbons (Fsp3) is 0.500. The van der Waals surface area contributed by atoms with Gasteiger partial charge in [0.2, 0.25) is 5.91 Å². The molecule has 0 aliphatic heterocycles. The van der Waals surface area contributed by atoms with Crippen LogP contribution in [0.3, 0.4) is 0 Å². The Morgan fingerprint density at radius 2 is 2.17 bits per heavy atom. The molecule has 0 radical (unpaired) electrons. The summed E-state index contributed by atoms with van der Waals surface area (Å²) < 4.78 is 0. The quantitative estimate of drug-likeness (QED) is 0.859. The summed E-state index contributed by atoms with van der Waals surface area (Å²) in [7, 11) is 3.27. The molecule has 0 aromatic carbocycles. The van der Waals surface area contributed by atoms with Gasteiger partial charge in [-0.05, 0) is 13.0 Å². The van der Waals surface area contributed by atoms with E-state index in [0.717, 1.165) is 4.88 Å². The van der Waals surface area contributed by atoms with Crippen LogP contribution in [0.5, 0.6) is 0 Å².